The van der Waals surface area contributed by atoms with Gasteiger partial charge >= 0.3 is 7.12 Å². The van der Waals surface area contributed by atoms with Gasteiger partial charge in [-0.25, -0.2) is 4.39 Å². The maximum Gasteiger partial charge on any atom is 0.498 e. The van der Waals surface area contributed by atoms with Crippen LogP contribution in [0.1, 0.15) is 34.6 Å². The van der Waals surface area contributed by atoms with E-state index in [0.29, 0.717) is 4.47 Å². The van der Waals surface area contributed by atoms with Crippen molar-refractivity contribution in [3.63, 3.8) is 0 Å². The van der Waals surface area contributed by atoms with E-state index in [9.17, 15) is 8.78 Å². The Morgan fingerprint density at radius 2 is 1.67 bits per heavy atom. The number of benzene rings is 1. The van der Waals surface area contributed by atoms with Gasteiger partial charge in [0.25, 0.3) is 0 Å². The minimum atomic E-state index is -1.05. The standard InChI is InChI=1S/C14H18BBrF2O3/c1-6-19-12-9(16)7-8(10(17)11(12)18)15-20-13(2,3)14(4,5)21-15/h7H,6H2,1-5H3. The third kappa shape index (κ3) is 2.83. The first kappa shape index (κ1) is 16.7. The molecule has 3 nitrogen and oxygen atoms in total. The molecule has 1 saturated heterocycles. The zero-order valence-electron chi connectivity index (χ0n) is 12.7. The Kier molecular flexibility index (Phi) is 4.39. The third-order valence-electron chi connectivity index (χ3n) is 3.94. The molecule has 0 unspecified atom stereocenters. The second-order valence-electron chi connectivity index (χ2n) is 5.93. The molecule has 2 rings (SSSR count). The lowest BCUT2D eigenvalue weighted by Crippen LogP contribution is -2.41. The van der Waals surface area contributed by atoms with Crippen LogP contribution in [0.25, 0.3) is 0 Å². The molecule has 0 atom stereocenters. The average molecular weight is 363 g/mol. The maximum absolute atomic E-state index is 14.3. The predicted octanol–water partition coefficient (Wildman–Crippen LogP) is 3.43. The van der Waals surface area contributed by atoms with Crippen molar-refractivity contribution in [1.82, 2.24) is 0 Å². The van der Waals surface area contributed by atoms with Crippen LogP contribution in [0.4, 0.5) is 8.78 Å². The van der Waals surface area contributed by atoms with Crippen molar-refractivity contribution in [3.8, 4) is 5.75 Å². The predicted molar refractivity (Wildman–Crippen MR) is 80.9 cm³/mol. The highest BCUT2D eigenvalue weighted by atomic mass is 79.9. The van der Waals surface area contributed by atoms with E-state index < -0.39 is 30.0 Å². The van der Waals surface area contributed by atoms with Gasteiger partial charge in [0, 0.05) is 5.46 Å². The molecule has 0 aliphatic carbocycles. The van der Waals surface area contributed by atoms with Gasteiger partial charge < -0.3 is 14.0 Å². The quantitative estimate of drug-likeness (QED) is 0.609. The summed E-state index contributed by atoms with van der Waals surface area (Å²) in [6, 6.07) is 1.44. The van der Waals surface area contributed by atoms with E-state index in [1.165, 1.54) is 6.07 Å². The topological polar surface area (TPSA) is 27.7 Å². The van der Waals surface area contributed by atoms with Crippen LogP contribution in [0, 0.1) is 11.6 Å². The molecule has 116 valence electrons. The fraction of sp³-hybridized carbons (Fsp3) is 0.571. The van der Waals surface area contributed by atoms with E-state index >= 15 is 0 Å². The normalized spacial score (nSPS) is 19.9. The Bertz CT molecular complexity index is 548. The first-order chi connectivity index (χ1) is 9.60. The lowest BCUT2D eigenvalue weighted by atomic mass is 9.78. The fourth-order valence-electron chi connectivity index (χ4n) is 2.01. The number of hydrogen-bond acceptors (Lipinski definition) is 3. The molecule has 1 aliphatic heterocycles. The van der Waals surface area contributed by atoms with Crippen LogP contribution in [0.15, 0.2) is 10.5 Å². The molecule has 1 aromatic rings. The summed E-state index contributed by atoms with van der Waals surface area (Å²) >= 11 is 3.19. The first-order valence-corrected chi connectivity index (χ1v) is 7.56. The monoisotopic (exact) mass is 362 g/mol. The van der Waals surface area contributed by atoms with Gasteiger partial charge in [0.1, 0.15) is 0 Å². The number of rotatable bonds is 3. The van der Waals surface area contributed by atoms with Gasteiger partial charge in [-0.3, -0.25) is 0 Å². The number of hydrogen-bond donors (Lipinski definition) is 0. The van der Waals surface area contributed by atoms with Crippen molar-refractivity contribution >= 4 is 28.5 Å². The Hall–Kier alpha value is -0.655. The average Bonchev–Trinajstić information content (AvgIpc) is 2.58. The van der Waals surface area contributed by atoms with E-state index in [0.717, 1.165) is 0 Å². The molecule has 0 bridgehead atoms. The smallest absolute Gasteiger partial charge is 0.489 e. The molecule has 0 N–H and O–H groups in total. The summed E-state index contributed by atoms with van der Waals surface area (Å²) in [5, 5.41) is 0. The molecular weight excluding hydrogens is 345 g/mol. The van der Waals surface area contributed by atoms with Gasteiger partial charge in [-0.1, -0.05) is 0 Å². The van der Waals surface area contributed by atoms with E-state index in [2.05, 4.69) is 15.9 Å². The van der Waals surface area contributed by atoms with E-state index in [4.69, 9.17) is 14.0 Å². The van der Waals surface area contributed by atoms with E-state index in [1.807, 2.05) is 27.7 Å². The van der Waals surface area contributed by atoms with Crippen molar-refractivity contribution in [1.29, 1.82) is 0 Å². The van der Waals surface area contributed by atoms with Crippen LogP contribution in [-0.4, -0.2) is 24.9 Å². The first-order valence-electron chi connectivity index (χ1n) is 6.76. The largest absolute Gasteiger partial charge is 0.498 e. The molecule has 0 saturated carbocycles. The molecule has 0 spiro atoms. The van der Waals surface area contributed by atoms with Crippen molar-refractivity contribution in [2.45, 2.75) is 45.8 Å². The van der Waals surface area contributed by atoms with Crippen molar-refractivity contribution in [2.75, 3.05) is 6.61 Å². The fourth-order valence-corrected chi connectivity index (χ4v) is 2.55. The highest BCUT2D eigenvalue weighted by Gasteiger charge is 2.52. The van der Waals surface area contributed by atoms with Gasteiger partial charge in [-0.15, -0.1) is 0 Å². The molecule has 1 heterocycles. The summed E-state index contributed by atoms with van der Waals surface area (Å²) in [5.74, 6) is -2.20. The molecule has 0 amide bonds. The van der Waals surface area contributed by atoms with Gasteiger partial charge in [0.15, 0.2) is 11.6 Å². The summed E-state index contributed by atoms with van der Waals surface area (Å²) in [6.45, 7) is 9.35. The zero-order chi connectivity index (χ0) is 16.0. The van der Waals surface area contributed by atoms with Crippen LogP contribution in [0.5, 0.6) is 5.75 Å². The molecule has 0 aromatic heterocycles. The lowest BCUT2D eigenvalue weighted by Gasteiger charge is -2.32. The van der Waals surface area contributed by atoms with Crippen molar-refractivity contribution < 1.29 is 22.8 Å². The van der Waals surface area contributed by atoms with Gasteiger partial charge in [-0.05, 0) is 56.6 Å². The molecular formula is C14H18BBrF2O3. The molecule has 0 radical (unpaired) electrons. The van der Waals surface area contributed by atoms with Crippen LogP contribution in [0.3, 0.4) is 0 Å². The van der Waals surface area contributed by atoms with Crippen LogP contribution >= 0.6 is 15.9 Å². The molecule has 7 heteroatoms. The summed E-state index contributed by atoms with van der Waals surface area (Å²) in [7, 11) is -0.962. The van der Waals surface area contributed by atoms with Crippen molar-refractivity contribution in [3.05, 3.63) is 22.2 Å². The van der Waals surface area contributed by atoms with Gasteiger partial charge in [0.05, 0.1) is 22.3 Å². The Morgan fingerprint density at radius 3 is 2.14 bits per heavy atom. The highest BCUT2D eigenvalue weighted by Crippen LogP contribution is 2.38. The van der Waals surface area contributed by atoms with Gasteiger partial charge in [0.2, 0.25) is 5.82 Å². The Morgan fingerprint density at radius 1 is 1.14 bits per heavy atom. The van der Waals surface area contributed by atoms with E-state index in [-0.39, 0.29) is 17.8 Å². The lowest BCUT2D eigenvalue weighted by molar-refractivity contribution is 0.00578. The maximum atomic E-state index is 14.3. The van der Waals surface area contributed by atoms with Crippen LogP contribution in [-0.2, 0) is 9.31 Å². The molecule has 1 aromatic carbocycles. The van der Waals surface area contributed by atoms with Crippen LogP contribution < -0.4 is 10.2 Å². The zero-order valence-corrected chi connectivity index (χ0v) is 14.3. The minimum Gasteiger partial charge on any atom is -0.489 e. The highest BCUT2D eigenvalue weighted by molar-refractivity contribution is 9.10. The number of halogens is 3. The Balaban J connectivity index is 2.43. The van der Waals surface area contributed by atoms with Gasteiger partial charge in [-0.2, -0.15) is 4.39 Å². The van der Waals surface area contributed by atoms with Crippen LogP contribution in [0.2, 0.25) is 0 Å². The third-order valence-corrected chi connectivity index (χ3v) is 4.53. The Labute approximate surface area is 132 Å². The summed E-state index contributed by atoms with van der Waals surface area (Å²) in [4.78, 5) is 0. The second kappa shape index (κ2) is 5.52. The summed E-state index contributed by atoms with van der Waals surface area (Å²) < 4.78 is 45.3. The van der Waals surface area contributed by atoms with E-state index in [1.54, 1.807) is 6.92 Å². The minimum absolute atomic E-state index is 0.0153. The SMILES string of the molecule is CCOc1c(Br)cc(B2OC(C)(C)C(C)(C)O2)c(F)c1F. The summed E-state index contributed by atoms with van der Waals surface area (Å²) in [6.07, 6.45) is 0. The molecule has 1 fully saturated rings. The molecule has 1 aliphatic rings. The molecule has 21 heavy (non-hydrogen) atoms. The van der Waals surface area contributed by atoms with Crippen molar-refractivity contribution in [2.24, 2.45) is 0 Å². The number of ether oxygens (including phenoxy) is 1. The second-order valence-corrected chi connectivity index (χ2v) is 6.78. The summed E-state index contributed by atoms with van der Waals surface area (Å²) in [5.41, 5.74) is -1.22.